The molecule has 118 valence electrons. The van der Waals surface area contributed by atoms with Gasteiger partial charge in [0.05, 0.1) is 23.6 Å². The highest BCUT2D eigenvalue weighted by Crippen LogP contribution is 2.16. The van der Waals surface area contributed by atoms with Crippen LogP contribution in [0.25, 0.3) is 5.65 Å². The first-order valence-corrected chi connectivity index (χ1v) is 6.69. The quantitative estimate of drug-likeness (QED) is 0.766. The number of halogens is 2. The molecule has 0 radical (unpaired) electrons. The van der Waals surface area contributed by atoms with Crippen molar-refractivity contribution in [2.45, 2.75) is 6.92 Å². The Morgan fingerprint density at radius 1 is 1.26 bits per heavy atom. The van der Waals surface area contributed by atoms with Crippen molar-refractivity contribution in [3.8, 4) is 0 Å². The standard InChI is InChI=1S/C14H12F2N6O/c1-8-4-12(14-20-18-7-22(14)21-8)17-6-13(23)19-11-5-9(15)2-3-10(11)16/h2-5,7,17H,6H2,1H3,(H,19,23). The summed E-state index contributed by atoms with van der Waals surface area (Å²) in [4.78, 5) is 11.9. The van der Waals surface area contributed by atoms with Crippen LogP contribution in [0.5, 0.6) is 0 Å². The van der Waals surface area contributed by atoms with Crippen LogP contribution in [0.2, 0.25) is 0 Å². The zero-order valence-corrected chi connectivity index (χ0v) is 12.0. The van der Waals surface area contributed by atoms with Crippen molar-refractivity contribution in [3.05, 3.63) is 47.9 Å². The van der Waals surface area contributed by atoms with Gasteiger partial charge in [-0.25, -0.2) is 8.78 Å². The number of aromatic nitrogens is 4. The number of fused-ring (bicyclic) bond motifs is 1. The highest BCUT2D eigenvalue weighted by molar-refractivity contribution is 5.94. The van der Waals surface area contributed by atoms with Crippen LogP contribution in [0.1, 0.15) is 5.69 Å². The molecule has 9 heteroatoms. The SMILES string of the molecule is Cc1cc(NCC(=O)Nc2cc(F)ccc2F)c2nncn2n1. The molecule has 0 atom stereocenters. The number of amides is 1. The molecule has 0 fully saturated rings. The fourth-order valence-corrected chi connectivity index (χ4v) is 2.05. The summed E-state index contributed by atoms with van der Waals surface area (Å²) in [7, 11) is 0. The van der Waals surface area contributed by atoms with Gasteiger partial charge in [0.1, 0.15) is 18.0 Å². The van der Waals surface area contributed by atoms with E-state index in [9.17, 15) is 13.6 Å². The Hall–Kier alpha value is -3.10. The summed E-state index contributed by atoms with van der Waals surface area (Å²) in [5.41, 5.74) is 1.51. The summed E-state index contributed by atoms with van der Waals surface area (Å²) < 4.78 is 28.0. The number of benzene rings is 1. The minimum Gasteiger partial charge on any atom is -0.373 e. The second kappa shape index (κ2) is 5.95. The second-order valence-electron chi connectivity index (χ2n) is 4.82. The van der Waals surface area contributed by atoms with Gasteiger partial charge in [-0.1, -0.05) is 0 Å². The fourth-order valence-electron chi connectivity index (χ4n) is 2.05. The molecule has 0 saturated heterocycles. The number of hydrogen-bond acceptors (Lipinski definition) is 5. The number of rotatable bonds is 4. The first-order valence-electron chi connectivity index (χ1n) is 6.69. The first-order chi connectivity index (χ1) is 11.0. The summed E-state index contributed by atoms with van der Waals surface area (Å²) in [6.07, 6.45) is 1.44. The summed E-state index contributed by atoms with van der Waals surface area (Å²) in [5.74, 6) is -1.87. The maximum atomic E-state index is 13.5. The number of nitrogens with zero attached hydrogens (tertiary/aromatic N) is 4. The molecule has 0 bridgehead atoms. The van der Waals surface area contributed by atoms with Gasteiger partial charge in [-0.2, -0.15) is 9.61 Å². The third kappa shape index (κ3) is 3.23. The van der Waals surface area contributed by atoms with Crippen LogP contribution in [0.4, 0.5) is 20.2 Å². The average Bonchev–Trinajstić information content (AvgIpc) is 2.96. The number of carbonyl (C=O) groups excluding carboxylic acids is 1. The molecule has 23 heavy (non-hydrogen) atoms. The van der Waals surface area contributed by atoms with Crippen molar-refractivity contribution in [3.63, 3.8) is 0 Å². The zero-order chi connectivity index (χ0) is 16.4. The molecule has 0 aliphatic rings. The lowest BCUT2D eigenvalue weighted by Gasteiger charge is -2.09. The maximum absolute atomic E-state index is 13.5. The Morgan fingerprint density at radius 3 is 2.91 bits per heavy atom. The first kappa shape index (κ1) is 14.8. The molecular weight excluding hydrogens is 306 g/mol. The highest BCUT2D eigenvalue weighted by Gasteiger charge is 2.10. The van der Waals surface area contributed by atoms with Crippen LogP contribution in [-0.2, 0) is 4.79 Å². The van der Waals surface area contributed by atoms with Crippen molar-refractivity contribution in [2.75, 3.05) is 17.2 Å². The Labute approximate surface area is 129 Å². The lowest BCUT2D eigenvalue weighted by Crippen LogP contribution is -2.22. The summed E-state index contributed by atoms with van der Waals surface area (Å²) >= 11 is 0. The van der Waals surface area contributed by atoms with Gasteiger partial charge in [0.15, 0.2) is 0 Å². The van der Waals surface area contributed by atoms with E-state index in [1.165, 1.54) is 10.8 Å². The molecule has 1 aromatic carbocycles. The Morgan fingerprint density at radius 2 is 2.09 bits per heavy atom. The Bertz CT molecular complexity index is 879. The third-order valence-corrected chi connectivity index (χ3v) is 3.03. The van der Waals surface area contributed by atoms with Crippen molar-refractivity contribution >= 4 is 22.9 Å². The van der Waals surface area contributed by atoms with Crippen LogP contribution >= 0.6 is 0 Å². The topological polar surface area (TPSA) is 84.2 Å². The van der Waals surface area contributed by atoms with E-state index >= 15 is 0 Å². The van der Waals surface area contributed by atoms with Crippen LogP contribution in [0, 0.1) is 18.6 Å². The minimum absolute atomic E-state index is 0.151. The number of anilines is 2. The number of hydrogen-bond donors (Lipinski definition) is 2. The van der Waals surface area contributed by atoms with Gasteiger partial charge in [0.25, 0.3) is 0 Å². The van der Waals surface area contributed by atoms with Gasteiger partial charge in [0.2, 0.25) is 11.6 Å². The molecule has 3 rings (SSSR count). The van der Waals surface area contributed by atoms with Gasteiger partial charge >= 0.3 is 0 Å². The molecule has 0 saturated carbocycles. The van der Waals surface area contributed by atoms with E-state index < -0.39 is 17.5 Å². The van der Waals surface area contributed by atoms with Gasteiger partial charge < -0.3 is 10.6 Å². The Balaban J connectivity index is 1.71. The van der Waals surface area contributed by atoms with E-state index in [-0.39, 0.29) is 12.2 Å². The molecular formula is C14H12F2N6O. The number of nitrogens with one attached hydrogen (secondary N) is 2. The van der Waals surface area contributed by atoms with E-state index in [1.807, 2.05) is 0 Å². The van der Waals surface area contributed by atoms with E-state index in [0.717, 1.165) is 18.2 Å². The van der Waals surface area contributed by atoms with Gasteiger partial charge in [-0.3, -0.25) is 4.79 Å². The Kier molecular flexibility index (Phi) is 3.83. The van der Waals surface area contributed by atoms with E-state index in [2.05, 4.69) is 25.9 Å². The third-order valence-electron chi connectivity index (χ3n) is 3.03. The molecule has 2 aromatic heterocycles. The van der Waals surface area contributed by atoms with Crippen molar-refractivity contribution in [1.29, 1.82) is 0 Å². The van der Waals surface area contributed by atoms with Gasteiger partial charge in [-0.15, -0.1) is 10.2 Å². The highest BCUT2D eigenvalue weighted by atomic mass is 19.1. The molecule has 2 N–H and O–H groups in total. The largest absolute Gasteiger partial charge is 0.373 e. The van der Waals surface area contributed by atoms with Crippen molar-refractivity contribution in [1.82, 2.24) is 19.8 Å². The maximum Gasteiger partial charge on any atom is 0.243 e. The summed E-state index contributed by atoms with van der Waals surface area (Å²) in [5, 5.41) is 17.0. The van der Waals surface area contributed by atoms with Crippen LogP contribution < -0.4 is 10.6 Å². The smallest absolute Gasteiger partial charge is 0.243 e. The number of carbonyl (C=O) groups is 1. The summed E-state index contributed by atoms with van der Waals surface area (Å²) in [6.45, 7) is 1.63. The monoisotopic (exact) mass is 318 g/mol. The zero-order valence-electron chi connectivity index (χ0n) is 12.0. The molecule has 1 amide bonds. The van der Waals surface area contributed by atoms with Crippen LogP contribution in [-0.4, -0.2) is 32.3 Å². The minimum atomic E-state index is -0.709. The molecule has 0 aliphatic heterocycles. The van der Waals surface area contributed by atoms with Crippen LogP contribution in [0.15, 0.2) is 30.6 Å². The molecule has 0 spiro atoms. The molecule has 3 aromatic rings. The normalized spacial score (nSPS) is 10.7. The lowest BCUT2D eigenvalue weighted by molar-refractivity contribution is -0.114. The van der Waals surface area contributed by atoms with Crippen molar-refractivity contribution in [2.24, 2.45) is 0 Å². The predicted octanol–water partition coefficient (Wildman–Crippen LogP) is 1.76. The average molecular weight is 318 g/mol. The van der Waals surface area contributed by atoms with E-state index in [4.69, 9.17) is 0 Å². The van der Waals surface area contributed by atoms with Gasteiger partial charge in [-0.05, 0) is 25.1 Å². The predicted molar refractivity (Wildman–Crippen MR) is 79.0 cm³/mol. The second-order valence-corrected chi connectivity index (χ2v) is 4.82. The van der Waals surface area contributed by atoms with Gasteiger partial charge in [0, 0.05) is 6.07 Å². The van der Waals surface area contributed by atoms with E-state index in [1.54, 1.807) is 13.0 Å². The summed E-state index contributed by atoms with van der Waals surface area (Å²) in [6, 6.07) is 4.55. The fraction of sp³-hybridized carbons (Fsp3) is 0.143. The van der Waals surface area contributed by atoms with Crippen molar-refractivity contribution < 1.29 is 13.6 Å². The lowest BCUT2D eigenvalue weighted by atomic mass is 10.3. The number of aryl methyl sites for hydroxylation is 1. The molecule has 2 heterocycles. The molecule has 0 unspecified atom stereocenters. The molecule has 0 aliphatic carbocycles. The van der Waals surface area contributed by atoms with E-state index in [0.29, 0.717) is 17.0 Å². The molecule has 7 nitrogen and oxygen atoms in total. The van der Waals surface area contributed by atoms with Crippen LogP contribution in [0.3, 0.4) is 0 Å².